The van der Waals surface area contributed by atoms with Gasteiger partial charge in [0, 0.05) is 11.3 Å². The number of nitrogens with two attached hydrogens (primary N) is 1. The van der Waals surface area contributed by atoms with E-state index in [0.717, 1.165) is 17.3 Å². The quantitative estimate of drug-likeness (QED) is 0.512. The smallest absolute Gasteiger partial charge is 0.277 e. The van der Waals surface area contributed by atoms with Crippen molar-refractivity contribution in [3.63, 3.8) is 0 Å². The maximum Gasteiger partial charge on any atom is 0.277 e. The van der Waals surface area contributed by atoms with Gasteiger partial charge in [0.1, 0.15) is 11.6 Å². The summed E-state index contributed by atoms with van der Waals surface area (Å²) in [5, 5.41) is 16.9. The molecule has 21 heavy (non-hydrogen) atoms. The highest BCUT2D eigenvalue weighted by Crippen LogP contribution is 2.23. The Morgan fingerprint density at radius 2 is 2.10 bits per heavy atom. The van der Waals surface area contributed by atoms with Crippen molar-refractivity contribution in [3.05, 3.63) is 41.6 Å². The summed E-state index contributed by atoms with van der Waals surface area (Å²) in [6, 6.07) is 11.1. The highest BCUT2D eigenvalue weighted by Gasteiger charge is 2.15. The summed E-state index contributed by atoms with van der Waals surface area (Å²) in [6.45, 7) is 1.52. The van der Waals surface area contributed by atoms with Crippen LogP contribution < -0.4 is 5.73 Å². The fourth-order valence-electron chi connectivity index (χ4n) is 1.54. The maximum absolute atomic E-state index is 11.8. The lowest BCUT2D eigenvalue weighted by molar-refractivity contribution is -0.112. The van der Waals surface area contributed by atoms with Crippen molar-refractivity contribution in [1.82, 2.24) is 10.2 Å². The molecular weight excluding hydrogens is 288 g/mol. The Hall–Kier alpha value is -2.59. The molecule has 1 heterocycles. The molecule has 1 aromatic heterocycles. The molecule has 0 radical (unpaired) electrons. The molecule has 0 unspecified atom stereocenters. The first-order chi connectivity index (χ1) is 10.1. The Bertz CT molecular complexity index is 712. The van der Waals surface area contributed by atoms with E-state index in [1.807, 2.05) is 30.3 Å². The molecule has 7 heteroatoms. The van der Waals surface area contributed by atoms with E-state index in [9.17, 15) is 4.79 Å². The maximum atomic E-state index is 11.8. The number of hydrogen-bond donors (Lipinski definition) is 1. The van der Waals surface area contributed by atoms with Gasteiger partial charge in [-0.2, -0.15) is 5.26 Å². The Morgan fingerprint density at radius 3 is 2.71 bits per heavy atom. The minimum atomic E-state index is -0.359. The Labute approximate surface area is 125 Å². The number of carbonyl (C=O) groups is 1. The normalized spacial score (nSPS) is 11.6. The molecule has 0 saturated carbocycles. The second-order valence-electron chi connectivity index (χ2n) is 4.12. The first-order valence-corrected chi connectivity index (χ1v) is 7.01. The van der Waals surface area contributed by atoms with Gasteiger partial charge in [-0.05, 0) is 19.1 Å². The highest BCUT2D eigenvalue weighted by molar-refractivity contribution is 7.99. The lowest BCUT2D eigenvalue weighted by Crippen LogP contribution is -2.10. The molecule has 2 aromatic rings. The molecule has 0 aliphatic carbocycles. The van der Waals surface area contributed by atoms with Crippen molar-refractivity contribution < 1.29 is 9.21 Å². The van der Waals surface area contributed by atoms with E-state index in [-0.39, 0.29) is 28.0 Å². The third kappa shape index (κ3) is 3.70. The minimum Gasteiger partial charge on any atom is -0.411 e. The minimum absolute atomic E-state index is 0.0217. The molecule has 0 atom stereocenters. The second-order valence-corrected chi connectivity index (χ2v) is 5.05. The molecule has 0 aliphatic rings. The van der Waals surface area contributed by atoms with Crippen molar-refractivity contribution in [3.8, 4) is 17.5 Å². The van der Waals surface area contributed by atoms with Gasteiger partial charge < -0.3 is 10.2 Å². The zero-order valence-electron chi connectivity index (χ0n) is 11.2. The Balaban J connectivity index is 2.03. The average Bonchev–Trinajstić information content (AvgIpc) is 2.95. The number of allylic oxidation sites excluding steroid dienone is 2. The molecule has 106 valence electrons. The standard InChI is InChI=1S/C14H12N4O2S/c1-9(16)11(7-15)12(19)8-21-14-18-17-13(20-14)10-5-3-2-4-6-10/h2-6H,8,16H2,1H3/b11-9+. The molecule has 1 aromatic carbocycles. The van der Waals surface area contributed by atoms with Crippen LogP contribution in [-0.2, 0) is 4.79 Å². The van der Waals surface area contributed by atoms with Crippen LogP contribution in [0, 0.1) is 11.3 Å². The van der Waals surface area contributed by atoms with Gasteiger partial charge in [-0.25, -0.2) is 0 Å². The largest absolute Gasteiger partial charge is 0.411 e. The SMILES string of the molecule is C/C(N)=C(/C#N)C(=O)CSc1nnc(-c2ccccc2)o1. The topological polar surface area (TPSA) is 106 Å². The molecule has 2 N–H and O–H groups in total. The predicted molar refractivity (Wildman–Crippen MR) is 78.0 cm³/mol. The number of benzene rings is 1. The number of thioether (sulfide) groups is 1. The zero-order chi connectivity index (χ0) is 15.2. The van der Waals surface area contributed by atoms with Crippen LogP contribution in [0.1, 0.15) is 6.92 Å². The molecule has 0 aliphatic heterocycles. The van der Waals surface area contributed by atoms with Crippen LogP contribution in [0.15, 0.2) is 51.2 Å². The van der Waals surface area contributed by atoms with Crippen LogP contribution >= 0.6 is 11.8 Å². The molecule has 2 rings (SSSR count). The Morgan fingerprint density at radius 1 is 1.38 bits per heavy atom. The summed E-state index contributed by atoms with van der Waals surface area (Å²) in [5.41, 5.74) is 6.45. The number of Topliss-reactive ketones (excluding diaryl/α,β-unsaturated/α-hetero) is 1. The molecule has 0 saturated heterocycles. The van der Waals surface area contributed by atoms with E-state index in [1.54, 1.807) is 6.07 Å². The van der Waals surface area contributed by atoms with Crippen molar-refractivity contribution in [2.75, 3.05) is 5.75 Å². The van der Waals surface area contributed by atoms with Gasteiger partial charge in [0.2, 0.25) is 5.89 Å². The first kappa shape index (κ1) is 14.8. The molecular formula is C14H12N4O2S. The summed E-state index contributed by atoms with van der Waals surface area (Å²) in [6.07, 6.45) is 0. The summed E-state index contributed by atoms with van der Waals surface area (Å²) in [4.78, 5) is 11.8. The third-order valence-electron chi connectivity index (χ3n) is 2.54. The van der Waals surface area contributed by atoms with Crippen LogP contribution in [0.4, 0.5) is 0 Å². The number of aromatic nitrogens is 2. The average molecular weight is 300 g/mol. The number of ketones is 1. The van der Waals surface area contributed by atoms with Gasteiger partial charge in [0.25, 0.3) is 5.22 Å². The van der Waals surface area contributed by atoms with Crippen molar-refractivity contribution in [1.29, 1.82) is 5.26 Å². The van der Waals surface area contributed by atoms with Gasteiger partial charge in [0.05, 0.1) is 5.75 Å². The first-order valence-electron chi connectivity index (χ1n) is 6.03. The van der Waals surface area contributed by atoms with E-state index < -0.39 is 0 Å². The highest BCUT2D eigenvalue weighted by atomic mass is 32.2. The van der Waals surface area contributed by atoms with Gasteiger partial charge in [-0.3, -0.25) is 4.79 Å². The second kappa shape index (κ2) is 6.72. The van der Waals surface area contributed by atoms with Gasteiger partial charge >= 0.3 is 0 Å². The van der Waals surface area contributed by atoms with Crippen LogP contribution in [-0.4, -0.2) is 21.7 Å². The van der Waals surface area contributed by atoms with Crippen molar-refractivity contribution in [2.24, 2.45) is 5.73 Å². The molecule has 0 bridgehead atoms. The lowest BCUT2D eigenvalue weighted by Gasteiger charge is -1.98. The fraction of sp³-hybridized carbons (Fsp3) is 0.143. The van der Waals surface area contributed by atoms with Crippen LogP contribution in [0.25, 0.3) is 11.5 Å². The zero-order valence-corrected chi connectivity index (χ0v) is 12.1. The Kier molecular flexibility index (Phi) is 4.74. The number of nitrogens with zero attached hydrogens (tertiary/aromatic N) is 3. The van der Waals surface area contributed by atoms with E-state index in [0.29, 0.717) is 5.89 Å². The fourth-order valence-corrected chi connectivity index (χ4v) is 2.17. The summed E-state index contributed by atoms with van der Waals surface area (Å²) >= 11 is 1.07. The molecule has 0 spiro atoms. The van der Waals surface area contributed by atoms with Gasteiger partial charge in [-0.15, -0.1) is 10.2 Å². The lowest BCUT2D eigenvalue weighted by atomic mass is 10.2. The number of hydrogen-bond acceptors (Lipinski definition) is 7. The van der Waals surface area contributed by atoms with Crippen LogP contribution in [0.5, 0.6) is 0 Å². The number of nitriles is 1. The van der Waals surface area contributed by atoms with Crippen LogP contribution in [0.3, 0.4) is 0 Å². The van der Waals surface area contributed by atoms with Crippen molar-refractivity contribution >= 4 is 17.5 Å². The number of rotatable bonds is 5. The molecule has 0 fully saturated rings. The van der Waals surface area contributed by atoms with Gasteiger partial charge in [-0.1, -0.05) is 30.0 Å². The molecule has 6 nitrogen and oxygen atoms in total. The third-order valence-corrected chi connectivity index (χ3v) is 3.36. The van der Waals surface area contributed by atoms with Gasteiger partial charge in [0.15, 0.2) is 5.78 Å². The summed E-state index contributed by atoms with van der Waals surface area (Å²) in [7, 11) is 0. The monoisotopic (exact) mass is 300 g/mol. The summed E-state index contributed by atoms with van der Waals surface area (Å²) in [5.74, 6) is 0.0481. The molecule has 0 amide bonds. The number of carbonyl (C=O) groups excluding carboxylic acids is 1. The summed E-state index contributed by atoms with van der Waals surface area (Å²) < 4.78 is 5.45. The van der Waals surface area contributed by atoms with E-state index in [1.165, 1.54) is 6.92 Å². The van der Waals surface area contributed by atoms with E-state index in [4.69, 9.17) is 15.4 Å². The van der Waals surface area contributed by atoms with Crippen LogP contribution in [0.2, 0.25) is 0 Å². The van der Waals surface area contributed by atoms with Crippen molar-refractivity contribution in [2.45, 2.75) is 12.1 Å². The van der Waals surface area contributed by atoms with E-state index in [2.05, 4.69) is 10.2 Å². The van der Waals surface area contributed by atoms with E-state index >= 15 is 0 Å². The predicted octanol–water partition coefficient (Wildman–Crippen LogP) is 2.15.